The molecule has 4 unspecified atom stereocenters. The summed E-state index contributed by atoms with van der Waals surface area (Å²) >= 11 is 0. The van der Waals surface area contributed by atoms with E-state index in [1.54, 1.807) is 5.06 Å². The van der Waals surface area contributed by atoms with Crippen LogP contribution in [-0.4, -0.2) is 27.4 Å². The highest BCUT2D eigenvalue weighted by Gasteiger charge is 2.51. The van der Waals surface area contributed by atoms with Gasteiger partial charge >= 0.3 is 0 Å². The molecule has 0 saturated carbocycles. The monoisotopic (exact) mass is 214 g/mol. The van der Waals surface area contributed by atoms with Gasteiger partial charge in [-0.2, -0.15) is 5.06 Å². The zero-order valence-electron chi connectivity index (χ0n) is 10.7. The Labute approximate surface area is 93.6 Å². The van der Waals surface area contributed by atoms with Gasteiger partial charge in [-0.05, 0) is 39.0 Å². The van der Waals surface area contributed by atoms with Crippen LogP contribution >= 0.6 is 0 Å². The molecule has 0 bridgehead atoms. The molecule has 0 aromatic rings. The van der Waals surface area contributed by atoms with Crippen molar-refractivity contribution < 1.29 is 5.21 Å². The number of hydrogen-bond acceptors (Lipinski definition) is 3. The Morgan fingerprint density at radius 3 is 2.27 bits per heavy atom. The van der Waals surface area contributed by atoms with Gasteiger partial charge in [0.25, 0.3) is 0 Å². The molecule has 3 heteroatoms. The number of hydroxylamine groups is 2. The quantitative estimate of drug-likeness (QED) is 0.742. The number of piperidine rings is 1. The number of hydrogen-bond donors (Lipinski definition) is 2. The average molecular weight is 214 g/mol. The highest BCUT2D eigenvalue weighted by Crippen LogP contribution is 2.43. The minimum Gasteiger partial charge on any atom is -0.327 e. The van der Waals surface area contributed by atoms with E-state index in [4.69, 9.17) is 5.73 Å². The van der Waals surface area contributed by atoms with E-state index in [0.29, 0.717) is 5.92 Å². The van der Waals surface area contributed by atoms with E-state index in [9.17, 15) is 5.21 Å². The maximum Gasteiger partial charge on any atom is 0.0476 e. The van der Waals surface area contributed by atoms with Crippen LogP contribution < -0.4 is 5.73 Å². The molecular formula is C12H26N2O. The minimum absolute atomic E-state index is 0.170. The molecule has 90 valence electrons. The first-order valence-corrected chi connectivity index (χ1v) is 6.06. The normalized spacial score (nSPS) is 48.2. The van der Waals surface area contributed by atoms with Crippen LogP contribution in [0.3, 0.4) is 0 Å². The molecule has 1 heterocycles. The standard InChI is InChI=1S/C12H26N2O/c1-6-11(4)8-10(13)9(3)12(5,7-2)14(11)15/h9-10,15H,6-8,13H2,1-5H3. The van der Waals surface area contributed by atoms with Crippen molar-refractivity contribution in [3.63, 3.8) is 0 Å². The Balaban J connectivity index is 3.05. The van der Waals surface area contributed by atoms with Gasteiger partial charge in [-0.15, -0.1) is 0 Å². The van der Waals surface area contributed by atoms with E-state index in [1.165, 1.54) is 0 Å². The molecule has 0 aliphatic carbocycles. The third kappa shape index (κ3) is 1.81. The summed E-state index contributed by atoms with van der Waals surface area (Å²) in [5, 5.41) is 12.0. The molecule has 0 aromatic heterocycles. The largest absolute Gasteiger partial charge is 0.327 e. The molecule has 0 spiro atoms. The van der Waals surface area contributed by atoms with Gasteiger partial charge in [0.2, 0.25) is 0 Å². The van der Waals surface area contributed by atoms with Crippen molar-refractivity contribution in [1.29, 1.82) is 0 Å². The van der Waals surface area contributed by atoms with Crippen LogP contribution in [0.25, 0.3) is 0 Å². The van der Waals surface area contributed by atoms with Crippen LogP contribution in [0.5, 0.6) is 0 Å². The van der Waals surface area contributed by atoms with Gasteiger partial charge in [-0.3, -0.25) is 0 Å². The lowest BCUT2D eigenvalue weighted by Crippen LogP contribution is -2.68. The van der Waals surface area contributed by atoms with Gasteiger partial charge in [0.1, 0.15) is 0 Å². The van der Waals surface area contributed by atoms with Gasteiger partial charge in [0.15, 0.2) is 0 Å². The van der Waals surface area contributed by atoms with Crippen molar-refractivity contribution in [2.45, 2.75) is 71.0 Å². The van der Waals surface area contributed by atoms with Crippen molar-refractivity contribution in [1.82, 2.24) is 5.06 Å². The van der Waals surface area contributed by atoms with Crippen molar-refractivity contribution in [2.75, 3.05) is 0 Å². The molecule has 1 aliphatic heterocycles. The van der Waals surface area contributed by atoms with Crippen molar-refractivity contribution in [3.05, 3.63) is 0 Å². The molecule has 1 fully saturated rings. The van der Waals surface area contributed by atoms with Crippen LogP contribution in [0.15, 0.2) is 0 Å². The lowest BCUT2D eigenvalue weighted by molar-refractivity contribution is -0.272. The summed E-state index contributed by atoms with van der Waals surface area (Å²) in [7, 11) is 0. The zero-order chi connectivity index (χ0) is 11.9. The SMILES string of the molecule is CCC1(C)CC(N)C(C)C(C)(CC)N1O. The number of rotatable bonds is 2. The summed E-state index contributed by atoms with van der Waals surface area (Å²) in [6.45, 7) is 10.6. The van der Waals surface area contributed by atoms with E-state index in [0.717, 1.165) is 19.3 Å². The van der Waals surface area contributed by atoms with Gasteiger partial charge < -0.3 is 10.9 Å². The second-order valence-corrected chi connectivity index (χ2v) is 5.53. The summed E-state index contributed by atoms with van der Waals surface area (Å²) in [5.41, 5.74) is 5.84. The highest BCUT2D eigenvalue weighted by atomic mass is 16.5. The summed E-state index contributed by atoms with van der Waals surface area (Å²) in [4.78, 5) is 0. The van der Waals surface area contributed by atoms with E-state index in [1.807, 2.05) is 0 Å². The van der Waals surface area contributed by atoms with Crippen LogP contribution in [-0.2, 0) is 0 Å². The molecule has 0 radical (unpaired) electrons. The molecule has 4 atom stereocenters. The molecule has 0 amide bonds. The Kier molecular flexibility index (Phi) is 3.49. The fraction of sp³-hybridized carbons (Fsp3) is 1.00. The Bertz CT molecular complexity index is 234. The van der Waals surface area contributed by atoms with E-state index in [-0.39, 0.29) is 17.1 Å². The molecule has 1 saturated heterocycles. The van der Waals surface area contributed by atoms with Crippen molar-refractivity contribution in [2.24, 2.45) is 11.7 Å². The fourth-order valence-electron chi connectivity index (χ4n) is 2.81. The minimum atomic E-state index is -0.192. The lowest BCUT2D eigenvalue weighted by Gasteiger charge is -2.56. The second-order valence-electron chi connectivity index (χ2n) is 5.53. The Morgan fingerprint density at radius 2 is 1.87 bits per heavy atom. The molecule has 1 aliphatic rings. The summed E-state index contributed by atoms with van der Waals surface area (Å²) in [6, 6.07) is 0.184. The maximum atomic E-state index is 10.4. The lowest BCUT2D eigenvalue weighted by atomic mass is 9.69. The summed E-state index contributed by atoms with van der Waals surface area (Å²) in [5.74, 6) is 0.326. The molecule has 15 heavy (non-hydrogen) atoms. The van der Waals surface area contributed by atoms with Gasteiger partial charge in [-0.25, -0.2) is 0 Å². The van der Waals surface area contributed by atoms with E-state index in [2.05, 4.69) is 34.6 Å². The average Bonchev–Trinajstić information content (AvgIpc) is 2.23. The predicted octanol–water partition coefficient (Wildman–Crippen LogP) is 2.38. The number of nitrogens with zero attached hydrogens (tertiary/aromatic N) is 1. The summed E-state index contributed by atoms with van der Waals surface area (Å²) in [6.07, 6.45) is 2.73. The molecule has 3 N–H and O–H groups in total. The highest BCUT2D eigenvalue weighted by molar-refractivity contribution is 5.04. The van der Waals surface area contributed by atoms with Crippen LogP contribution in [0, 0.1) is 5.92 Å². The Hall–Kier alpha value is -0.120. The summed E-state index contributed by atoms with van der Waals surface area (Å²) < 4.78 is 0. The maximum absolute atomic E-state index is 10.4. The predicted molar refractivity (Wildman–Crippen MR) is 62.8 cm³/mol. The van der Waals surface area contributed by atoms with Gasteiger partial charge in [0.05, 0.1) is 0 Å². The molecule has 1 rings (SSSR count). The number of nitrogens with two attached hydrogens (primary N) is 1. The topological polar surface area (TPSA) is 49.5 Å². The van der Waals surface area contributed by atoms with Gasteiger partial charge in [-0.1, -0.05) is 20.8 Å². The smallest absolute Gasteiger partial charge is 0.0476 e. The van der Waals surface area contributed by atoms with Gasteiger partial charge in [0, 0.05) is 17.1 Å². The van der Waals surface area contributed by atoms with Crippen LogP contribution in [0.1, 0.15) is 53.9 Å². The van der Waals surface area contributed by atoms with E-state index >= 15 is 0 Å². The van der Waals surface area contributed by atoms with Crippen molar-refractivity contribution in [3.8, 4) is 0 Å². The molecular weight excluding hydrogens is 188 g/mol. The molecule has 3 nitrogen and oxygen atoms in total. The second kappa shape index (κ2) is 4.04. The fourth-order valence-corrected chi connectivity index (χ4v) is 2.81. The molecule has 0 aromatic carbocycles. The van der Waals surface area contributed by atoms with Crippen LogP contribution in [0.4, 0.5) is 0 Å². The third-order valence-electron chi connectivity index (χ3n) is 4.77. The van der Waals surface area contributed by atoms with Crippen molar-refractivity contribution >= 4 is 0 Å². The first kappa shape index (κ1) is 12.9. The Morgan fingerprint density at radius 1 is 1.33 bits per heavy atom. The van der Waals surface area contributed by atoms with E-state index < -0.39 is 0 Å². The third-order valence-corrected chi connectivity index (χ3v) is 4.77. The van der Waals surface area contributed by atoms with Crippen LogP contribution in [0.2, 0.25) is 0 Å². The first-order chi connectivity index (χ1) is 6.81. The first-order valence-electron chi connectivity index (χ1n) is 6.06. The zero-order valence-corrected chi connectivity index (χ0v) is 10.7.